The van der Waals surface area contributed by atoms with Gasteiger partial charge in [0.2, 0.25) is 5.91 Å². The molecule has 1 aliphatic carbocycles. The Morgan fingerprint density at radius 3 is 2.41 bits per heavy atom. The zero-order valence-electron chi connectivity index (χ0n) is 9.07. The van der Waals surface area contributed by atoms with Crippen molar-refractivity contribution < 1.29 is 14.7 Å². The minimum atomic E-state index is -1.23. The lowest BCUT2D eigenvalue weighted by molar-refractivity contribution is -0.159. The number of nitrogens with one attached hydrogen (secondary N) is 1. The summed E-state index contributed by atoms with van der Waals surface area (Å²) < 4.78 is 0.744. The molecule has 0 atom stereocenters. The van der Waals surface area contributed by atoms with Gasteiger partial charge in [0, 0.05) is 4.47 Å². The smallest absolute Gasteiger partial charge is 0.319 e. The molecule has 0 unspecified atom stereocenters. The maximum Gasteiger partial charge on any atom is 0.319 e. The van der Waals surface area contributed by atoms with Crippen molar-refractivity contribution in [2.24, 2.45) is 5.41 Å². The molecule has 1 saturated carbocycles. The van der Waals surface area contributed by atoms with Crippen LogP contribution in [0.1, 0.15) is 19.3 Å². The first-order valence-corrected chi connectivity index (χ1v) is 6.15. The second-order valence-electron chi connectivity index (χ2n) is 4.17. The highest BCUT2D eigenvalue weighted by molar-refractivity contribution is 9.10. The number of carbonyl (C=O) groups excluding carboxylic acids is 1. The quantitative estimate of drug-likeness (QED) is 0.843. The molecule has 0 spiro atoms. The number of anilines is 1. The van der Waals surface area contributed by atoms with Crippen LogP contribution in [0.15, 0.2) is 28.7 Å². The van der Waals surface area contributed by atoms with Crippen LogP contribution in [-0.2, 0) is 9.59 Å². The van der Waals surface area contributed by atoms with Crippen molar-refractivity contribution >= 4 is 33.5 Å². The number of para-hydroxylation sites is 1. The van der Waals surface area contributed by atoms with Crippen LogP contribution in [0.5, 0.6) is 0 Å². The van der Waals surface area contributed by atoms with Gasteiger partial charge in [-0.05, 0) is 40.9 Å². The summed E-state index contributed by atoms with van der Waals surface area (Å²) in [6.45, 7) is 0. The van der Waals surface area contributed by atoms with E-state index in [1.807, 2.05) is 6.07 Å². The summed E-state index contributed by atoms with van der Waals surface area (Å²) in [6.07, 6.45) is 1.62. The molecular formula is C12H12BrNO3. The van der Waals surface area contributed by atoms with Crippen LogP contribution in [-0.4, -0.2) is 17.0 Å². The highest BCUT2D eigenvalue weighted by Crippen LogP contribution is 2.42. The summed E-state index contributed by atoms with van der Waals surface area (Å²) in [5.74, 6) is -1.46. The first kappa shape index (κ1) is 12.1. The molecule has 5 heteroatoms. The lowest BCUT2D eigenvalue weighted by atomic mass is 9.68. The summed E-state index contributed by atoms with van der Waals surface area (Å²) in [5.41, 5.74) is -0.625. The van der Waals surface area contributed by atoms with E-state index >= 15 is 0 Å². The highest BCUT2D eigenvalue weighted by Gasteiger charge is 2.51. The molecule has 0 radical (unpaired) electrons. The maximum atomic E-state index is 12.0. The summed E-state index contributed by atoms with van der Waals surface area (Å²) in [5, 5.41) is 11.8. The molecule has 4 nitrogen and oxygen atoms in total. The monoisotopic (exact) mass is 297 g/mol. The largest absolute Gasteiger partial charge is 0.480 e. The zero-order chi connectivity index (χ0) is 12.5. The molecule has 0 heterocycles. The van der Waals surface area contributed by atoms with E-state index in [1.165, 1.54) is 0 Å². The fourth-order valence-electron chi connectivity index (χ4n) is 1.87. The number of amides is 1. The predicted octanol–water partition coefficient (Wildman–Crippen LogP) is 2.64. The van der Waals surface area contributed by atoms with Crippen molar-refractivity contribution in [1.29, 1.82) is 0 Å². The number of halogens is 1. The highest BCUT2D eigenvalue weighted by atomic mass is 79.9. The summed E-state index contributed by atoms with van der Waals surface area (Å²) >= 11 is 3.31. The van der Waals surface area contributed by atoms with Crippen LogP contribution >= 0.6 is 15.9 Å². The summed E-state index contributed by atoms with van der Waals surface area (Å²) in [7, 11) is 0. The van der Waals surface area contributed by atoms with Crippen LogP contribution < -0.4 is 5.32 Å². The van der Waals surface area contributed by atoms with Crippen molar-refractivity contribution in [3.8, 4) is 0 Å². The lowest BCUT2D eigenvalue weighted by Gasteiger charge is -2.35. The Bertz CT molecular complexity index is 469. The Balaban J connectivity index is 2.17. The molecule has 0 aromatic heterocycles. The number of carboxylic acid groups (broad SMARTS) is 1. The van der Waals surface area contributed by atoms with Gasteiger partial charge in [-0.3, -0.25) is 9.59 Å². The van der Waals surface area contributed by atoms with Gasteiger partial charge in [-0.1, -0.05) is 18.6 Å². The zero-order valence-corrected chi connectivity index (χ0v) is 10.7. The Morgan fingerprint density at radius 2 is 1.94 bits per heavy atom. The molecule has 17 heavy (non-hydrogen) atoms. The number of carboxylic acids is 1. The van der Waals surface area contributed by atoms with Crippen molar-refractivity contribution in [2.45, 2.75) is 19.3 Å². The Kier molecular flexibility index (Phi) is 3.19. The fraction of sp³-hybridized carbons (Fsp3) is 0.333. The average Bonchev–Trinajstić information content (AvgIpc) is 2.19. The molecule has 1 amide bonds. The van der Waals surface area contributed by atoms with Crippen molar-refractivity contribution in [3.63, 3.8) is 0 Å². The number of carbonyl (C=O) groups is 2. The second-order valence-corrected chi connectivity index (χ2v) is 5.03. The topological polar surface area (TPSA) is 66.4 Å². The van der Waals surface area contributed by atoms with E-state index in [4.69, 9.17) is 5.11 Å². The molecule has 2 N–H and O–H groups in total. The van der Waals surface area contributed by atoms with Gasteiger partial charge in [0.15, 0.2) is 0 Å². The van der Waals surface area contributed by atoms with Gasteiger partial charge < -0.3 is 10.4 Å². The van der Waals surface area contributed by atoms with E-state index in [1.54, 1.807) is 18.2 Å². The minimum Gasteiger partial charge on any atom is -0.480 e. The normalized spacial score (nSPS) is 17.0. The van der Waals surface area contributed by atoms with Gasteiger partial charge in [0.1, 0.15) is 5.41 Å². The van der Waals surface area contributed by atoms with E-state index in [-0.39, 0.29) is 0 Å². The molecule has 1 fully saturated rings. The number of hydrogen-bond acceptors (Lipinski definition) is 2. The van der Waals surface area contributed by atoms with E-state index in [2.05, 4.69) is 21.2 Å². The van der Waals surface area contributed by atoms with Crippen LogP contribution in [0.3, 0.4) is 0 Å². The van der Waals surface area contributed by atoms with Gasteiger partial charge in [-0.15, -0.1) is 0 Å². The predicted molar refractivity (Wildman–Crippen MR) is 66.7 cm³/mol. The van der Waals surface area contributed by atoms with E-state index in [0.29, 0.717) is 18.5 Å². The number of hydrogen-bond donors (Lipinski definition) is 2. The fourth-order valence-corrected chi connectivity index (χ4v) is 2.26. The van der Waals surface area contributed by atoms with Gasteiger partial charge in [-0.2, -0.15) is 0 Å². The first-order chi connectivity index (χ1) is 8.06. The standard InChI is InChI=1S/C12H12BrNO3/c13-8-4-1-2-5-9(8)14-10(15)12(11(16)17)6-3-7-12/h1-2,4-5H,3,6-7H2,(H,14,15)(H,16,17). The lowest BCUT2D eigenvalue weighted by Crippen LogP contribution is -2.48. The Labute approximate surface area is 107 Å². The number of benzene rings is 1. The second kappa shape index (κ2) is 4.49. The third-order valence-corrected chi connectivity index (χ3v) is 3.86. The summed E-state index contributed by atoms with van der Waals surface area (Å²) in [4.78, 5) is 23.1. The minimum absolute atomic E-state index is 0.415. The molecule has 0 bridgehead atoms. The first-order valence-electron chi connectivity index (χ1n) is 5.36. The Hall–Kier alpha value is -1.36. The van der Waals surface area contributed by atoms with Crippen molar-refractivity contribution in [1.82, 2.24) is 0 Å². The molecule has 0 aliphatic heterocycles. The van der Waals surface area contributed by atoms with Crippen LogP contribution in [0, 0.1) is 5.41 Å². The van der Waals surface area contributed by atoms with Gasteiger partial charge in [0.05, 0.1) is 5.69 Å². The number of rotatable bonds is 3. The molecule has 1 aromatic carbocycles. The third kappa shape index (κ3) is 2.07. The average molecular weight is 298 g/mol. The van der Waals surface area contributed by atoms with Gasteiger partial charge in [0.25, 0.3) is 0 Å². The van der Waals surface area contributed by atoms with Crippen molar-refractivity contribution in [2.75, 3.05) is 5.32 Å². The van der Waals surface area contributed by atoms with Crippen LogP contribution in [0.25, 0.3) is 0 Å². The van der Waals surface area contributed by atoms with Crippen LogP contribution in [0.2, 0.25) is 0 Å². The van der Waals surface area contributed by atoms with E-state index in [9.17, 15) is 9.59 Å². The van der Waals surface area contributed by atoms with Crippen molar-refractivity contribution in [3.05, 3.63) is 28.7 Å². The van der Waals surface area contributed by atoms with Gasteiger partial charge in [-0.25, -0.2) is 0 Å². The maximum absolute atomic E-state index is 12.0. The molecule has 2 rings (SSSR count). The van der Waals surface area contributed by atoms with E-state index in [0.717, 1.165) is 10.9 Å². The molecule has 90 valence electrons. The third-order valence-electron chi connectivity index (χ3n) is 3.17. The van der Waals surface area contributed by atoms with Gasteiger partial charge >= 0.3 is 5.97 Å². The molecule has 1 aliphatic rings. The SMILES string of the molecule is O=C(O)C1(C(=O)Nc2ccccc2Br)CCC1. The summed E-state index contributed by atoms with van der Waals surface area (Å²) in [6, 6.07) is 7.14. The Morgan fingerprint density at radius 1 is 1.29 bits per heavy atom. The van der Waals surface area contributed by atoms with E-state index < -0.39 is 17.3 Å². The number of aliphatic carboxylic acids is 1. The molecule has 1 aromatic rings. The van der Waals surface area contributed by atoms with Crippen LogP contribution in [0.4, 0.5) is 5.69 Å². The molecular weight excluding hydrogens is 286 g/mol. The molecule has 0 saturated heterocycles.